The van der Waals surface area contributed by atoms with Crippen molar-refractivity contribution in [1.82, 2.24) is 34.1 Å². The van der Waals surface area contributed by atoms with Crippen molar-refractivity contribution >= 4 is 94.3 Å². The molecule has 10 heteroatoms. The zero-order valence-corrected chi connectivity index (χ0v) is 36.7. The van der Waals surface area contributed by atoms with Crippen LogP contribution in [-0.4, -0.2) is 46.1 Å². The zero-order chi connectivity index (χ0) is 46.1. The first-order valence-electron chi connectivity index (χ1n) is 22.1. The minimum Gasteiger partial charge on any atom is -0.396 e. The van der Waals surface area contributed by atoms with Crippen LogP contribution >= 0.6 is 0 Å². The maximum atomic E-state index is 11.7. The first kappa shape index (κ1) is 41.3. The molecule has 0 aliphatic carbocycles. The molecular weight excluding hydrogens is 841 g/mol. The van der Waals surface area contributed by atoms with Gasteiger partial charge in [0.1, 0.15) is 11.3 Å². The van der Waals surface area contributed by atoms with Crippen molar-refractivity contribution in [3.8, 4) is 22.6 Å². The van der Waals surface area contributed by atoms with Crippen molar-refractivity contribution in [2.24, 2.45) is 0 Å². The third-order valence-electron chi connectivity index (χ3n) is 12.2. The Morgan fingerprint density at radius 2 is 1.00 bits per heavy atom. The molecule has 324 valence electrons. The van der Waals surface area contributed by atoms with Crippen molar-refractivity contribution in [2.45, 2.75) is 6.92 Å². The summed E-state index contributed by atoms with van der Waals surface area (Å²) in [7, 11) is 0. The van der Waals surface area contributed by atoms with Gasteiger partial charge in [0.05, 0.1) is 39.0 Å². The van der Waals surface area contributed by atoms with Crippen molar-refractivity contribution in [3.63, 3.8) is 0 Å². The van der Waals surface area contributed by atoms with E-state index >= 15 is 0 Å². The maximum absolute atomic E-state index is 11.7. The number of nitrogens with two attached hydrogens (primary N) is 1. The van der Waals surface area contributed by atoms with Crippen molar-refractivity contribution < 1.29 is 9.59 Å². The van der Waals surface area contributed by atoms with Gasteiger partial charge in [0.25, 0.3) is 0 Å². The van der Waals surface area contributed by atoms with Gasteiger partial charge in [-0.2, -0.15) is 0 Å². The van der Waals surface area contributed by atoms with E-state index < -0.39 is 0 Å². The number of fused-ring (bicyclic) bond motifs is 10. The number of aldehydes is 1. The van der Waals surface area contributed by atoms with Gasteiger partial charge in [0.2, 0.25) is 0 Å². The summed E-state index contributed by atoms with van der Waals surface area (Å²) in [5.41, 5.74) is 18.2. The number of para-hydroxylation sites is 2. The lowest BCUT2D eigenvalue weighted by Gasteiger charge is -2.08. The van der Waals surface area contributed by atoms with Gasteiger partial charge in [-0.15, -0.1) is 0 Å². The highest BCUT2D eigenvalue weighted by molar-refractivity contribution is 6.11. The Kier molecular flexibility index (Phi) is 10.6. The summed E-state index contributed by atoms with van der Waals surface area (Å²) in [4.78, 5) is 45.2. The minimum absolute atomic E-state index is 0.0754. The zero-order valence-electron chi connectivity index (χ0n) is 36.7. The third kappa shape index (κ3) is 7.41. The number of nitrogens with zero attached hydrogens (tertiary/aromatic N) is 7. The summed E-state index contributed by atoms with van der Waals surface area (Å²) in [6.45, 7) is 1.59. The number of pyridine rings is 5. The molecule has 0 bridgehead atoms. The molecule has 0 saturated heterocycles. The molecule has 0 aliphatic rings. The van der Waals surface area contributed by atoms with Gasteiger partial charge in [-0.1, -0.05) is 78.9 Å². The number of ketones is 1. The molecule has 6 aromatic carbocycles. The van der Waals surface area contributed by atoms with Crippen molar-refractivity contribution in [3.05, 3.63) is 218 Å². The standard InChI is InChI=1S/C29H18N4.C19H14N2O.C10H8N2O/c1-2-7-22(8-3-1)33-26-15-13-21(18-24(26)23-9-5-17-31-29(23)33)25-14-12-20-11-10-19-6-4-16-30-27(19)28(20)32-25;1-13(22)14-9-10-18-17(12-14)16-8-5-11-20-19(16)21(18)15-6-3-2-4-7-15;11-9-8(6-13)4-3-7-2-1-5-12-10(7)9/h1-18H;2-12H,1H3;1-6H,11H2. The Balaban J connectivity index is 0.000000124. The molecule has 0 aliphatic heterocycles. The highest BCUT2D eigenvalue weighted by Crippen LogP contribution is 2.35. The average molecular weight is 881 g/mol. The number of anilines is 1. The number of hydrogen-bond donors (Lipinski definition) is 1. The van der Waals surface area contributed by atoms with Crippen LogP contribution in [0.3, 0.4) is 0 Å². The molecule has 13 aromatic rings. The highest BCUT2D eigenvalue weighted by atomic mass is 16.1. The minimum atomic E-state index is 0.0754. The van der Waals surface area contributed by atoms with Gasteiger partial charge in [-0.25, -0.2) is 15.0 Å². The lowest BCUT2D eigenvalue weighted by molar-refractivity contribution is 0.101. The van der Waals surface area contributed by atoms with E-state index in [2.05, 4.69) is 115 Å². The van der Waals surface area contributed by atoms with Crippen molar-refractivity contribution in [1.29, 1.82) is 0 Å². The predicted molar refractivity (Wildman–Crippen MR) is 275 cm³/mol. The molecule has 0 amide bonds. The number of rotatable bonds is 5. The van der Waals surface area contributed by atoms with E-state index in [0.717, 1.165) is 106 Å². The van der Waals surface area contributed by atoms with Crippen LogP contribution in [-0.2, 0) is 0 Å². The van der Waals surface area contributed by atoms with Gasteiger partial charge in [-0.05, 0) is 110 Å². The van der Waals surface area contributed by atoms with Gasteiger partial charge in [0.15, 0.2) is 12.1 Å². The molecule has 2 N–H and O–H groups in total. The van der Waals surface area contributed by atoms with E-state index in [1.54, 1.807) is 25.4 Å². The number of hydrogen-bond acceptors (Lipinski definition) is 8. The third-order valence-corrected chi connectivity index (χ3v) is 12.2. The topological polar surface area (TPSA) is 134 Å². The molecule has 0 radical (unpaired) electrons. The lowest BCUT2D eigenvalue weighted by atomic mass is 10.0. The first-order chi connectivity index (χ1) is 33.4. The van der Waals surface area contributed by atoms with Gasteiger partial charge in [-0.3, -0.25) is 28.7 Å². The normalized spacial score (nSPS) is 11.2. The number of nitrogen functional groups attached to an aromatic ring is 1. The van der Waals surface area contributed by atoms with Crippen LogP contribution in [0, 0.1) is 0 Å². The smallest absolute Gasteiger partial charge is 0.159 e. The van der Waals surface area contributed by atoms with E-state index in [1.807, 2.05) is 97.3 Å². The number of carbonyl (C=O) groups excluding carboxylic acids is 2. The van der Waals surface area contributed by atoms with Crippen molar-refractivity contribution in [2.75, 3.05) is 5.73 Å². The van der Waals surface area contributed by atoms with Crippen LogP contribution in [0.5, 0.6) is 0 Å². The molecule has 0 unspecified atom stereocenters. The summed E-state index contributed by atoms with van der Waals surface area (Å²) in [6, 6.07) is 60.8. The molecule has 68 heavy (non-hydrogen) atoms. The second-order valence-electron chi connectivity index (χ2n) is 16.3. The number of Topliss-reactive ketones (excluding diaryl/α,β-unsaturated/α-hetero) is 1. The Morgan fingerprint density at radius 3 is 1.62 bits per heavy atom. The molecule has 0 fully saturated rings. The first-order valence-corrected chi connectivity index (χ1v) is 22.1. The van der Waals surface area contributed by atoms with Crippen LogP contribution in [0.25, 0.3) is 99.2 Å². The quantitative estimate of drug-likeness (QED) is 0.0781. The molecule has 0 spiro atoms. The van der Waals surface area contributed by atoms with Gasteiger partial charge >= 0.3 is 0 Å². The van der Waals surface area contributed by atoms with E-state index in [0.29, 0.717) is 16.8 Å². The summed E-state index contributed by atoms with van der Waals surface area (Å²) < 4.78 is 4.36. The Labute approximate surface area is 389 Å². The number of carbonyl (C=O) groups is 2. The molecule has 13 rings (SSSR count). The highest BCUT2D eigenvalue weighted by Gasteiger charge is 2.16. The summed E-state index contributed by atoms with van der Waals surface area (Å²) in [5, 5.41) is 7.55. The summed E-state index contributed by atoms with van der Waals surface area (Å²) in [5.74, 6) is 0.0754. The van der Waals surface area contributed by atoms with Gasteiger partial charge in [0, 0.05) is 90.6 Å². The Hall–Kier alpha value is -9.41. The van der Waals surface area contributed by atoms with E-state index in [1.165, 1.54) is 0 Å². The number of aromatic nitrogens is 7. The summed E-state index contributed by atoms with van der Waals surface area (Å²) in [6.07, 6.45) is 7.88. The van der Waals surface area contributed by atoms with Crippen LogP contribution in [0.15, 0.2) is 207 Å². The second kappa shape index (κ2) is 17.5. The van der Waals surface area contributed by atoms with Crippen LogP contribution in [0.2, 0.25) is 0 Å². The largest absolute Gasteiger partial charge is 0.396 e. The maximum Gasteiger partial charge on any atom is 0.159 e. The molecule has 10 nitrogen and oxygen atoms in total. The molecular formula is C58H40N8O2. The summed E-state index contributed by atoms with van der Waals surface area (Å²) >= 11 is 0. The Morgan fingerprint density at radius 1 is 0.485 bits per heavy atom. The SMILES string of the molecule is CC(=O)c1ccc2c(c1)c1cccnc1n2-c1ccccc1.Nc1c(C=O)ccc2cccnc12.c1ccc(-n2c3ccc(-c4ccc5ccc6cccnc6c5n4)cc3c3cccnc32)cc1. The Bertz CT molecular complexity index is 4050. The molecule has 0 saturated carbocycles. The fraction of sp³-hybridized carbons (Fsp3) is 0.0172. The monoisotopic (exact) mass is 880 g/mol. The van der Waals surface area contributed by atoms with Crippen LogP contribution in [0.4, 0.5) is 5.69 Å². The average Bonchev–Trinajstić information content (AvgIpc) is 3.92. The van der Waals surface area contributed by atoms with E-state index in [4.69, 9.17) is 15.7 Å². The van der Waals surface area contributed by atoms with Crippen LogP contribution < -0.4 is 5.73 Å². The van der Waals surface area contributed by atoms with E-state index in [9.17, 15) is 9.59 Å². The van der Waals surface area contributed by atoms with Gasteiger partial charge < -0.3 is 5.73 Å². The fourth-order valence-corrected chi connectivity index (χ4v) is 8.92. The molecule has 7 heterocycles. The fourth-order valence-electron chi connectivity index (χ4n) is 8.92. The second-order valence-corrected chi connectivity index (χ2v) is 16.3. The number of benzene rings is 6. The van der Waals surface area contributed by atoms with Crippen LogP contribution in [0.1, 0.15) is 27.6 Å². The van der Waals surface area contributed by atoms with E-state index in [-0.39, 0.29) is 5.78 Å². The predicted octanol–water partition coefficient (Wildman–Crippen LogP) is 13.0. The molecule has 7 aromatic heterocycles. The molecule has 0 atom stereocenters. The lowest BCUT2D eigenvalue weighted by Crippen LogP contribution is -1.95.